The van der Waals surface area contributed by atoms with Crippen LogP contribution in [0.1, 0.15) is 36.9 Å². The van der Waals surface area contributed by atoms with Gasteiger partial charge in [0, 0.05) is 19.5 Å². The highest BCUT2D eigenvalue weighted by Crippen LogP contribution is 2.32. The maximum Gasteiger partial charge on any atom is 0.280 e. The lowest BCUT2D eigenvalue weighted by Gasteiger charge is -2.31. The molecule has 21 heavy (non-hydrogen) atoms. The summed E-state index contributed by atoms with van der Waals surface area (Å²) in [5.74, 6) is 0.385. The Labute approximate surface area is 126 Å². The maximum absolute atomic E-state index is 12.5. The Bertz CT molecular complexity index is 617. The van der Waals surface area contributed by atoms with Crippen molar-refractivity contribution in [3.05, 3.63) is 35.4 Å². The van der Waals surface area contributed by atoms with Crippen LogP contribution in [-0.2, 0) is 16.6 Å². The summed E-state index contributed by atoms with van der Waals surface area (Å²) in [6.45, 7) is 3.19. The summed E-state index contributed by atoms with van der Waals surface area (Å²) < 4.78 is 29.3. The molecule has 2 aliphatic rings. The van der Waals surface area contributed by atoms with E-state index >= 15 is 0 Å². The molecule has 3 unspecified atom stereocenters. The second-order valence-corrected chi connectivity index (χ2v) is 7.88. The van der Waals surface area contributed by atoms with Gasteiger partial charge in [-0.25, -0.2) is 0 Å². The molecule has 1 fully saturated rings. The molecular formula is C15H22N2O3S. The zero-order chi connectivity index (χ0) is 15.0. The van der Waals surface area contributed by atoms with Gasteiger partial charge in [0.15, 0.2) is 0 Å². The van der Waals surface area contributed by atoms with Crippen molar-refractivity contribution in [2.75, 3.05) is 13.1 Å². The number of nitrogens with zero attached hydrogens (tertiary/aromatic N) is 1. The van der Waals surface area contributed by atoms with Crippen LogP contribution in [0.4, 0.5) is 0 Å². The van der Waals surface area contributed by atoms with Gasteiger partial charge in [-0.15, -0.1) is 0 Å². The molecule has 3 rings (SSSR count). The molecule has 0 saturated carbocycles. The van der Waals surface area contributed by atoms with E-state index in [0.717, 1.165) is 24.0 Å². The highest BCUT2D eigenvalue weighted by Gasteiger charge is 2.36. The summed E-state index contributed by atoms with van der Waals surface area (Å²) in [5, 5.41) is 10.2. The van der Waals surface area contributed by atoms with E-state index in [2.05, 4.69) is 11.6 Å². The average Bonchev–Trinajstić information content (AvgIpc) is 2.75. The van der Waals surface area contributed by atoms with Crippen LogP contribution in [0.3, 0.4) is 0 Å². The van der Waals surface area contributed by atoms with Crippen LogP contribution in [0.15, 0.2) is 24.3 Å². The molecule has 0 amide bonds. The maximum atomic E-state index is 12.5. The molecule has 5 nitrogen and oxygen atoms in total. The molecule has 3 atom stereocenters. The first-order chi connectivity index (χ1) is 9.97. The van der Waals surface area contributed by atoms with Crippen molar-refractivity contribution in [1.29, 1.82) is 0 Å². The first-order valence-electron chi connectivity index (χ1n) is 7.50. The highest BCUT2D eigenvalue weighted by molar-refractivity contribution is 7.87. The topological polar surface area (TPSA) is 69.6 Å². The van der Waals surface area contributed by atoms with Crippen molar-refractivity contribution in [2.45, 2.75) is 38.3 Å². The largest absolute Gasteiger partial charge is 0.391 e. The number of piperidine rings is 1. The quantitative estimate of drug-likeness (QED) is 0.882. The molecule has 1 aliphatic heterocycles. The molecule has 116 valence electrons. The lowest BCUT2D eigenvalue weighted by molar-refractivity contribution is 0.149. The molecule has 1 aromatic rings. The Kier molecular flexibility index (Phi) is 4.05. The van der Waals surface area contributed by atoms with Crippen LogP contribution in [0.2, 0.25) is 0 Å². The molecule has 0 bridgehead atoms. The van der Waals surface area contributed by atoms with Crippen molar-refractivity contribution < 1.29 is 13.5 Å². The lowest BCUT2D eigenvalue weighted by atomic mass is 10.0. The molecular weight excluding hydrogens is 288 g/mol. The minimum atomic E-state index is -3.55. The van der Waals surface area contributed by atoms with E-state index in [1.807, 2.05) is 24.3 Å². The summed E-state index contributed by atoms with van der Waals surface area (Å²) in [6, 6.07) is 7.08. The molecule has 0 spiro atoms. The molecule has 1 saturated heterocycles. The zero-order valence-electron chi connectivity index (χ0n) is 12.2. The van der Waals surface area contributed by atoms with Gasteiger partial charge < -0.3 is 5.11 Å². The first kappa shape index (κ1) is 15.0. The Balaban J connectivity index is 1.79. The molecule has 2 N–H and O–H groups in total. The van der Waals surface area contributed by atoms with Crippen LogP contribution >= 0.6 is 0 Å². The van der Waals surface area contributed by atoms with Crippen LogP contribution in [-0.4, -0.2) is 37.0 Å². The summed E-state index contributed by atoms with van der Waals surface area (Å²) >= 11 is 0. The molecule has 0 radical (unpaired) electrons. The van der Waals surface area contributed by atoms with Crippen molar-refractivity contribution in [2.24, 2.45) is 5.92 Å². The number of fused-ring (bicyclic) bond motifs is 1. The number of hydrogen-bond acceptors (Lipinski definition) is 3. The fourth-order valence-electron chi connectivity index (χ4n) is 3.32. The molecule has 1 aliphatic carbocycles. The number of aliphatic hydroxyl groups excluding tert-OH is 1. The fraction of sp³-hybridized carbons (Fsp3) is 0.600. The summed E-state index contributed by atoms with van der Waals surface area (Å²) in [6.07, 6.45) is 1.77. The standard InChI is InChI=1S/C15H22N2O3S/c1-11-5-4-8-17(10-11)21(19,20)16-15-13-7-3-2-6-12(13)9-14(15)18/h2-3,6-7,11,14-16,18H,4-5,8-10H2,1H3. The van der Waals surface area contributed by atoms with E-state index in [9.17, 15) is 13.5 Å². The predicted octanol–water partition coefficient (Wildman–Crippen LogP) is 1.21. The predicted molar refractivity (Wildman–Crippen MR) is 80.9 cm³/mol. The van der Waals surface area contributed by atoms with Gasteiger partial charge in [0.1, 0.15) is 0 Å². The SMILES string of the molecule is CC1CCCN(S(=O)(=O)NC2c3ccccc3CC2O)C1. The minimum absolute atomic E-state index is 0.385. The van der Waals surface area contributed by atoms with Gasteiger partial charge in [-0.1, -0.05) is 31.2 Å². The van der Waals surface area contributed by atoms with Crippen LogP contribution < -0.4 is 4.72 Å². The normalized spacial score (nSPS) is 30.3. The van der Waals surface area contributed by atoms with Crippen LogP contribution in [0.5, 0.6) is 0 Å². The van der Waals surface area contributed by atoms with Crippen molar-refractivity contribution in [3.63, 3.8) is 0 Å². The molecule has 6 heteroatoms. The minimum Gasteiger partial charge on any atom is -0.391 e. The Morgan fingerprint density at radius 1 is 1.33 bits per heavy atom. The number of nitrogens with one attached hydrogen (secondary N) is 1. The second kappa shape index (κ2) is 5.68. The number of rotatable bonds is 3. The van der Waals surface area contributed by atoms with E-state index in [0.29, 0.717) is 25.4 Å². The Morgan fingerprint density at radius 2 is 2.10 bits per heavy atom. The van der Waals surface area contributed by atoms with Gasteiger partial charge in [0.25, 0.3) is 10.2 Å². The summed E-state index contributed by atoms with van der Waals surface area (Å²) in [7, 11) is -3.55. The van der Waals surface area contributed by atoms with E-state index in [1.165, 1.54) is 4.31 Å². The van der Waals surface area contributed by atoms with E-state index in [-0.39, 0.29) is 0 Å². The van der Waals surface area contributed by atoms with Gasteiger partial charge in [-0.2, -0.15) is 17.4 Å². The summed E-state index contributed by atoms with van der Waals surface area (Å²) in [5.41, 5.74) is 1.91. The van der Waals surface area contributed by atoms with Gasteiger partial charge >= 0.3 is 0 Å². The van der Waals surface area contributed by atoms with E-state index in [4.69, 9.17) is 0 Å². The second-order valence-electron chi connectivity index (χ2n) is 6.18. The monoisotopic (exact) mass is 310 g/mol. The van der Waals surface area contributed by atoms with Crippen LogP contribution in [0.25, 0.3) is 0 Å². The summed E-state index contributed by atoms with van der Waals surface area (Å²) in [4.78, 5) is 0. The third-order valence-corrected chi connectivity index (χ3v) is 6.00. The average molecular weight is 310 g/mol. The van der Waals surface area contributed by atoms with Crippen molar-refractivity contribution >= 4 is 10.2 Å². The smallest absolute Gasteiger partial charge is 0.280 e. The van der Waals surface area contributed by atoms with Gasteiger partial charge in [-0.3, -0.25) is 0 Å². The number of aliphatic hydroxyl groups is 1. The van der Waals surface area contributed by atoms with Crippen LogP contribution in [0, 0.1) is 5.92 Å². The number of hydrogen-bond donors (Lipinski definition) is 2. The lowest BCUT2D eigenvalue weighted by Crippen LogP contribution is -2.47. The first-order valence-corrected chi connectivity index (χ1v) is 8.94. The molecule has 1 aromatic carbocycles. The van der Waals surface area contributed by atoms with Gasteiger partial charge in [0.2, 0.25) is 0 Å². The third-order valence-electron chi connectivity index (χ3n) is 4.44. The highest BCUT2D eigenvalue weighted by atomic mass is 32.2. The zero-order valence-corrected chi connectivity index (χ0v) is 13.0. The van der Waals surface area contributed by atoms with E-state index < -0.39 is 22.4 Å². The molecule has 1 heterocycles. The van der Waals surface area contributed by atoms with E-state index in [1.54, 1.807) is 0 Å². The van der Waals surface area contributed by atoms with Crippen molar-refractivity contribution in [1.82, 2.24) is 9.03 Å². The number of benzene rings is 1. The third kappa shape index (κ3) is 2.99. The van der Waals surface area contributed by atoms with Crippen molar-refractivity contribution in [3.8, 4) is 0 Å². The Hall–Kier alpha value is -0.950. The fourth-order valence-corrected chi connectivity index (χ4v) is 4.89. The van der Waals surface area contributed by atoms with Gasteiger partial charge in [-0.05, 0) is 29.9 Å². The Morgan fingerprint density at radius 3 is 2.86 bits per heavy atom. The van der Waals surface area contributed by atoms with Gasteiger partial charge in [0.05, 0.1) is 12.1 Å². The molecule has 0 aromatic heterocycles.